The second-order valence-corrected chi connectivity index (χ2v) is 5.69. The van der Waals surface area contributed by atoms with E-state index in [0.29, 0.717) is 12.4 Å². The Morgan fingerprint density at radius 2 is 2.24 bits per heavy atom. The summed E-state index contributed by atoms with van der Waals surface area (Å²) >= 11 is 0. The monoisotopic (exact) mass is 293 g/mol. The first-order valence-electron chi connectivity index (χ1n) is 7.44. The Morgan fingerprint density at radius 1 is 1.52 bits per heavy atom. The molecule has 0 spiro atoms. The first-order valence-corrected chi connectivity index (χ1v) is 7.44. The molecule has 1 aliphatic rings. The SMILES string of the molecule is CCC1CCC(O)(CNc2ccnc(C(=O)OC)n2)CC1. The minimum absolute atomic E-state index is 0.0178. The fourth-order valence-electron chi connectivity index (χ4n) is 2.70. The first-order chi connectivity index (χ1) is 10.1. The van der Waals surface area contributed by atoms with Crippen LogP contribution in [0.3, 0.4) is 0 Å². The number of aliphatic hydroxyl groups is 1. The molecule has 0 amide bonds. The predicted molar refractivity (Wildman–Crippen MR) is 79.1 cm³/mol. The Labute approximate surface area is 124 Å². The molecule has 1 aromatic heterocycles. The Hall–Kier alpha value is -1.69. The molecule has 0 atom stereocenters. The highest BCUT2D eigenvalue weighted by Crippen LogP contribution is 2.33. The minimum Gasteiger partial charge on any atom is -0.463 e. The third kappa shape index (κ3) is 4.14. The van der Waals surface area contributed by atoms with E-state index in [1.165, 1.54) is 19.7 Å². The summed E-state index contributed by atoms with van der Waals surface area (Å²) in [6.45, 7) is 2.63. The lowest BCUT2D eigenvalue weighted by Gasteiger charge is -2.36. The number of ether oxygens (including phenoxy) is 1. The molecule has 2 rings (SSSR count). The second kappa shape index (κ2) is 6.85. The van der Waals surface area contributed by atoms with E-state index in [1.807, 2.05) is 0 Å². The molecule has 0 unspecified atom stereocenters. The lowest BCUT2D eigenvalue weighted by atomic mass is 9.78. The maximum atomic E-state index is 11.4. The normalized spacial score (nSPS) is 25.4. The van der Waals surface area contributed by atoms with Crippen molar-refractivity contribution in [3.8, 4) is 0 Å². The van der Waals surface area contributed by atoms with Crippen molar-refractivity contribution >= 4 is 11.8 Å². The van der Waals surface area contributed by atoms with Crippen LogP contribution in [0.25, 0.3) is 0 Å². The lowest BCUT2D eigenvalue weighted by molar-refractivity contribution is 0.00223. The number of carbonyl (C=O) groups excluding carboxylic acids is 1. The van der Waals surface area contributed by atoms with Gasteiger partial charge in [0.2, 0.25) is 5.82 Å². The van der Waals surface area contributed by atoms with Crippen molar-refractivity contribution in [3.63, 3.8) is 0 Å². The topological polar surface area (TPSA) is 84.3 Å². The van der Waals surface area contributed by atoms with Crippen molar-refractivity contribution in [1.29, 1.82) is 0 Å². The Morgan fingerprint density at radius 3 is 2.86 bits per heavy atom. The van der Waals surface area contributed by atoms with E-state index in [-0.39, 0.29) is 5.82 Å². The van der Waals surface area contributed by atoms with E-state index in [9.17, 15) is 9.90 Å². The average Bonchev–Trinajstić information content (AvgIpc) is 2.53. The first kappa shape index (κ1) is 15.7. The van der Waals surface area contributed by atoms with Gasteiger partial charge in [0, 0.05) is 12.7 Å². The number of esters is 1. The summed E-state index contributed by atoms with van der Waals surface area (Å²) in [4.78, 5) is 19.3. The van der Waals surface area contributed by atoms with Gasteiger partial charge in [-0.1, -0.05) is 13.3 Å². The van der Waals surface area contributed by atoms with E-state index in [2.05, 4.69) is 26.9 Å². The number of aromatic nitrogens is 2. The minimum atomic E-state index is -0.692. The summed E-state index contributed by atoms with van der Waals surface area (Å²) in [7, 11) is 1.29. The number of nitrogens with one attached hydrogen (secondary N) is 1. The maximum absolute atomic E-state index is 11.4. The lowest BCUT2D eigenvalue weighted by Crippen LogP contribution is -2.40. The Bertz CT molecular complexity index is 485. The fraction of sp³-hybridized carbons (Fsp3) is 0.667. The highest BCUT2D eigenvalue weighted by Gasteiger charge is 2.32. The summed E-state index contributed by atoms with van der Waals surface area (Å²) in [6.07, 6.45) is 6.40. The van der Waals surface area contributed by atoms with Crippen molar-refractivity contribution in [2.75, 3.05) is 19.0 Å². The van der Waals surface area contributed by atoms with Crippen molar-refractivity contribution in [2.24, 2.45) is 5.92 Å². The number of nitrogens with zero attached hydrogens (tertiary/aromatic N) is 2. The molecule has 1 aliphatic carbocycles. The number of methoxy groups -OCH3 is 1. The summed E-state index contributed by atoms with van der Waals surface area (Å²) < 4.78 is 4.59. The van der Waals surface area contributed by atoms with Crippen molar-refractivity contribution in [3.05, 3.63) is 18.1 Å². The highest BCUT2D eigenvalue weighted by atomic mass is 16.5. The molecule has 2 N–H and O–H groups in total. The van der Waals surface area contributed by atoms with Crippen LogP contribution in [0.1, 0.15) is 49.6 Å². The molecule has 1 saturated carbocycles. The Balaban J connectivity index is 1.92. The third-order valence-electron chi connectivity index (χ3n) is 4.24. The summed E-state index contributed by atoms with van der Waals surface area (Å²) in [5.41, 5.74) is -0.692. The van der Waals surface area contributed by atoms with E-state index in [1.54, 1.807) is 6.07 Å². The van der Waals surface area contributed by atoms with Crippen molar-refractivity contribution in [2.45, 2.75) is 44.6 Å². The zero-order valence-electron chi connectivity index (χ0n) is 12.6. The van der Waals surface area contributed by atoms with Crippen LogP contribution >= 0.6 is 0 Å². The van der Waals surface area contributed by atoms with E-state index >= 15 is 0 Å². The zero-order chi connectivity index (χ0) is 15.3. The van der Waals surface area contributed by atoms with Crippen LogP contribution in [0.4, 0.5) is 5.82 Å². The van der Waals surface area contributed by atoms with E-state index in [4.69, 9.17) is 0 Å². The molecule has 6 heteroatoms. The largest absolute Gasteiger partial charge is 0.463 e. The molecule has 6 nitrogen and oxygen atoms in total. The van der Waals surface area contributed by atoms with Gasteiger partial charge in [-0.2, -0.15) is 0 Å². The molecule has 1 heterocycles. The number of anilines is 1. The van der Waals surface area contributed by atoms with E-state index in [0.717, 1.165) is 31.6 Å². The van der Waals surface area contributed by atoms with Gasteiger partial charge >= 0.3 is 5.97 Å². The van der Waals surface area contributed by atoms with Gasteiger partial charge in [-0.15, -0.1) is 0 Å². The van der Waals surface area contributed by atoms with Crippen LogP contribution < -0.4 is 5.32 Å². The van der Waals surface area contributed by atoms with Crippen LogP contribution in [-0.4, -0.2) is 40.3 Å². The summed E-state index contributed by atoms with van der Waals surface area (Å²) in [6, 6.07) is 1.67. The van der Waals surface area contributed by atoms with Gasteiger partial charge in [0.15, 0.2) is 0 Å². The second-order valence-electron chi connectivity index (χ2n) is 5.69. The third-order valence-corrected chi connectivity index (χ3v) is 4.24. The van der Waals surface area contributed by atoms with Crippen molar-refractivity contribution < 1.29 is 14.6 Å². The highest BCUT2D eigenvalue weighted by molar-refractivity contribution is 5.85. The van der Waals surface area contributed by atoms with Gasteiger partial charge in [-0.3, -0.25) is 0 Å². The molecule has 116 valence electrons. The molecule has 0 aliphatic heterocycles. The molecule has 21 heavy (non-hydrogen) atoms. The molecular formula is C15H23N3O3. The van der Waals surface area contributed by atoms with Crippen molar-refractivity contribution in [1.82, 2.24) is 9.97 Å². The Kier molecular flexibility index (Phi) is 5.12. The molecule has 0 aromatic carbocycles. The zero-order valence-corrected chi connectivity index (χ0v) is 12.6. The van der Waals surface area contributed by atoms with Gasteiger partial charge in [0.05, 0.1) is 12.7 Å². The number of carbonyl (C=O) groups is 1. The number of rotatable bonds is 5. The summed E-state index contributed by atoms with van der Waals surface area (Å²) in [5, 5.41) is 13.7. The van der Waals surface area contributed by atoms with Gasteiger partial charge in [-0.05, 0) is 37.7 Å². The number of hydrogen-bond donors (Lipinski definition) is 2. The quantitative estimate of drug-likeness (QED) is 0.808. The van der Waals surface area contributed by atoms with Crippen LogP contribution in [0.5, 0.6) is 0 Å². The van der Waals surface area contributed by atoms with E-state index < -0.39 is 11.6 Å². The number of hydrogen-bond acceptors (Lipinski definition) is 6. The predicted octanol–water partition coefficient (Wildman–Crippen LogP) is 2.01. The van der Waals surface area contributed by atoms with Gasteiger partial charge in [-0.25, -0.2) is 14.8 Å². The van der Waals surface area contributed by atoms with Gasteiger partial charge in [0.1, 0.15) is 5.82 Å². The maximum Gasteiger partial charge on any atom is 0.376 e. The van der Waals surface area contributed by atoms with Gasteiger partial charge in [0.25, 0.3) is 0 Å². The van der Waals surface area contributed by atoms with Gasteiger partial charge < -0.3 is 15.2 Å². The smallest absolute Gasteiger partial charge is 0.376 e. The van der Waals surface area contributed by atoms with Crippen LogP contribution in [0.15, 0.2) is 12.3 Å². The van der Waals surface area contributed by atoms with Crippen LogP contribution in [0, 0.1) is 5.92 Å². The molecule has 1 fully saturated rings. The standard InChI is InChI=1S/C15H23N3O3/c1-3-11-4-7-15(20,8-5-11)10-17-12-6-9-16-13(18-12)14(19)21-2/h6,9,11,20H,3-5,7-8,10H2,1-2H3,(H,16,17,18). The average molecular weight is 293 g/mol. The summed E-state index contributed by atoms with van der Waals surface area (Å²) in [5.74, 6) is 0.705. The van der Waals surface area contributed by atoms with Crippen LogP contribution in [0.2, 0.25) is 0 Å². The molecule has 1 aromatic rings. The molecule has 0 saturated heterocycles. The molecular weight excluding hydrogens is 270 g/mol. The van der Waals surface area contributed by atoms with Crippen LogP contribution in [-0.2, 0) is 4.74 Å². The molecule has 0 radical (unpaired) electrons. The molecule has 0 bridgehead atoms. The fourth-order valence-corrected chi connectivity index (χ4v) is 2.70.